The minimum atomic E-state index is 0.238. The highest BCUT2D eigenvalue weighted by Gasteiger charge is 2.22. The van der Waals surface area contributed by atoms with Crippen LogP contribution in [0.3, 0.4) is 0 Å². The Morgan fingerprint density at radius 1 is 0.885 bits per heavy atom. The number of nitrogens with zero attached hydrogens (tertiary/aromatic N) is 2. The molecule has 2 unspecified atom stereocenters. The SMILES string of the molecule is CC1C=CC(c2nc(C3C=CC=CC3)c(C3=CCCC=C3)nc2Cl)=CC1. The summed E-state index contributed by atoms with van der Waals surface area (Å²) in [7, 11) is 0. The van der Waals surface area contributed by atoms with Crippen LogP contribution in [0.25, 0.3) is 11.1 Å². The quantitative estimate of drug-likeness (QED) is 0.618. The summed E-state index contributed by atoms with van der Waals surface area (Å²) in [6.45, 7) is 2.21. The lowest BCUT2D eigenvalue weighted by molar-refractivity contribution is 0.738. The molecule has 3 aliphatic carbocycles. The normalized spacial score (nSPS) is 24.5. The minimum absolute atomic E-state index is 0.238. The Balaban J connectivity index is 1.82. The molecule has 0 saturated heterocycles. The van der Waals surface area contributed by atoms with Crippen LogP contribution in [-0.2, 0) is 0 Å². The van der Waals surface area contributed by atoms with E-state index in [1.807, 2.05) is 0 Å². The molecule has 4 rings (SSSR count). The molecule has 3 heteroatoms. The van der Waals surface area contributed by atoms with E-state index < -0.39 is 0 Å². The maximum atomic E-state index is 6.60. The zero-order chi connectivity index (χ0) is 17.9. The van der Waals surface area contributed by atoms with Gasteiger partial charge in [0.15, 0.2) is 5.15 Å². The van der Waals surface area contributed by atoms with E-state index in [0.717, 1.165) is 53.9 Å². The molecule has 2 nitrogen and oxygen atoms in total. The average Bonchev–Trinajstić information content (AvgIpc) is 2.70. The van der Waals surface area contributed by atoms with Gasteiger partial charge in [0.25, 0.3) is 0 Å². The molecule has 26 heavy (non-hydrogen) atoms. The standard InChI is InChI=1S/C23H23ClN2/c1-16-12-14-19(15-13-16)22-23(24)26-21(18-10-6-3-7-11-18)20(25-22)17-8-4-2-5-9-17/h2,4-6,8,10-12,14-17H,3,7,9,13H2,1H3. The molecule has 0 amide bonds. The zero-order valence-electron chi connectivity index (χ0n) is 15.0. The Kier molecular flexibility index (Phi) is 5.03. The monoisotopic (exact) mass is 362 g/mol. The van der Waals surface area contributed by atoms with Gasteiger partial charge in [-0.2, -0.15) is 0 Å². The first-order valence-corrected chi connectivity index (χ1v) is 9.76. The van der Waals surface area contributed by atoms with Crippen molar-refractivity contribution in [1.82, 2.24) is 9.97 Å². The Hall–Kier alpha value is -2.19. The van der Waals surface area contributed by atoms with Crippen molar-refractivity contribution in [3.63, 3.8) is 0 Å². The van der Waals surface area contributed by atoms with Crippen LogP contribution in [0, 0.1) is 5.92 Å². The Bertz CT molecular complexity index is 884. The fraction of sp³-hybridized carbons (Fsp3) is 0.304. The zero-order valence-corrected chi connectivity index (χ0v) is 15.8. The number of rotatable bonds is 3. The number of hydrogen-bond acceptors (Lipinski definition) is 2. The molecule has 0 aliphatic heterocycles. The fourth-order valence-corrected chi connectivity index (χ4v) is 3.79. The highest BCUT2D eigenvalue weighted by atomic mass is 35.5. The van der Waals surface area contributed by atoms with Gasteiger partial charge in [-0.15, -0.1) is 0 Å². The van der Waals surface area contributed by atoms with Gasteiger partial charge < -0.3 is 0 Å². The second-order valence-corrected chi connectivity index (χ2v) is 7.48. The predicted octanol–water partition coefficient (Wildman–Crippen LogP) is 6.44. The Labute approximate surface area is 160 Å². The fourth-order valence-electron chi connectivity index (χ4n) is 3.56. The molecule has 0 radical (unpaired) electrons. The Morgan fingerprint density at radius 3 is 2.46 bits per heavy atom. The summed E-state index contributed by atoms with van der Waals surface area (Å²) < 4.78 is 0. The largest absolute Gasteiger partial charge is 0.247 e. The van der Waals surface area contributed by atoms with Crippen LogP contribution in [0.4, 0.5) is 0 Å². The molecule has 0 saturated carbocycles. The maximum absolute atomic E-state index is 6.60. The molecule has 1 aromatic heterocycles. The lowest BCUT2D eigenvalue weighted by Gasteiger charge is -2.20. The van der Waals surface area contributed by atoms with E-state index >= 15 is 0 Å². The summed E-state index contributed by atoms with van der Waals surface area (Å²) in [6, 6.07) is 0. The van der Waals surface area contributed by atoms with Crippen molar-refractivity contribution in [1.29, 1.82) is 0 Å². The van der Waals surface area contributed by atoms with E-state index in [4.69, 9.17) is 21.6 Å². The van der Waals surface area contributed by atoms with Gasteiger partial charge in [0, 0.05) is 5.92 Å². The van der Waals surface area contributed by atoms with E-state index in [2.05, 4.69) is 67.7 Å². The van der Waals surface area contributed by atoms with E-state index in [0.29, 0.717) is 11.1 Å². The van der Waals surface area contributed by atoms with Crippen molar-refractivity contribution in [2.24, 2.45) is 5.92 Å². The van der Waals surface area contributed by atoms with Crippen LogP contribution in [0.2, 0.25) is 5.15 Å². The third kappa shape index (κ3) is 3.52. The van der Waals surface area contributed by atoms with Crippen LogP contribution in [-0.4, -0.2) is 9.97 Å². The third-order valence-electron chi connectivity index (χ3n) is 5.07. The van der Waals surface area contributed by atoms with E-state index in [1.54, 1.807) is 0 Å². The van der Waals surface area contributed by atoms with Crippen molar-refractivity contribution in [2.75, 3.05) is 0 Å². The summed E-state index contributed by atoms with van der Waals surface area (Å²) in [5.74, 6) is 0.801. The molecule has 1 aromatic rings. The van der Waals surface area contributed by atoms with Gasteiger partial charge in [-0.3, -0.25) is 0 Å². The molecule has 0 fully saturated rings. The first-order chi connectivity index (χ1) is 12.7. The molecule has 2 atom stereocenters. The van der Waals surface area contributed by atoms with Crippen LogP contribution in [0.1, 0.15) is 55.6 Å². The van der Waals surface area contributed by atoms with Crippen LogP contribution in [0.5, 0.6) is 0 Å². The summed E-state index contributed by atoms with van der Waals surface area (Å²) in [5, 5.41) is 0.490. The van der Waals surface area contributed by atoms with Crippen molar-refractivity contribution in [3.8, 4) is 0 Å². The predicted molar refractivity (Wildman–Crippen MR) is 110 cm³/mol. The second-order valence-electron chi connectivity index (χ2n) is 7.12. The highest BCUT2D eigenvalue weighted by molar-refractivity contribution is 6.31. The van der Waals surface area contributed by atoms with Gasteiger partial charge in [-0.1, -0.05) is 79.3 Å². The average molecular weight is 363 g/mol. The lowest BCUT2D eigenvalue weighted by Crippen LogP contribution is -2.10. The summed E-state index contributed by atoms with van der Waals surface area (Å²) in [5.41, 5.74) is 4.97. The molecule has 0 aromatic carbocycles. The van der Waals surface area contributed by atoms with Gasteiger partial charge in [0.05, 0.1) is 11.4 Å². The smallest absolute Gasteiger partial charge is 0.156 e. The summed E-state index contributed by atoms with van der Waals surface area (Å²) in [4.78, 5) is 9.86. The lowest BCUT2D eigenvalue weighted by atomic mass is 9.91. The molecule has 0 spiro atoms. The molecular formula is C23H23ClN2. The highest BCUT2D eigenvalue weighted by Crippen LogP contribution is 2.35. The van der Waals surface area contributed by atoms with Crippen LogP contribution < -0.4 is 0 Å². The molecule has 3 aliphatic rings. The van der Waals surface area contributed by atoms with Crippen molar-refractivity contribution in [3.05, 3.63) is 83.0 Å². The van der Waals surface area contributed by atoms with Crippen molar-refractivity contribution >= 4 is 22.7 Å². The maximum Gasteiger partial charge on any atom is 0.156 e. The van der Waals surface area contributed by atoms with Gasteiger partial charge in [0.2, 0.25) is 0 Å². The number of hydrogen-bond donors (Lipinski definition) is 0. The van der Waals surface area contributed by atoms with Crippen LogP contribution in [0.15, 0.2) is 60.8 Å². The molecule has 132 valence electrons. The third-order valence-corrected chi connectivity index (χ3v) is 5.33. The van der Waals surface area contributed by atoms with Crippen molar-refractivity contribution in [2.45, 2.75) is 38.5 Å². The summed E-state index contributed by atoms with van der Waals surface area (Å²) in [6.07, 6.45) is 25.8. The van der Waals surface area contributed by atoms with Crippen LogP contribution >= 0.6 is 11.6 Å². The van der Waals surface area contributed by atoms with Gasteiger partial charge >= 0.3 is 0 Å². The van der Waals surface area contributed by atoms with Gasteiger partial charge in [-0.05, 0) is 42.7 Å². The number of aromatic nitrogens is 2. The summed E-state index contributed by atoms with van der Waals surface area (Å²) >= 11 is 6.60. The molecule has 0 N–H and O–H groups in total. The Morgan fingerprint density at radius 2 is 1.77 bits per heavy atom. The van der Waals surface area contributed by atoms with E-state index in [1.165, 1.54) is 0 Å². The molecule has 0 bridgehead atoms. The molecular weight excluding hydrogens is 340 g/mol. The minimum Gasteiger partial charge on any atom is -0.247 e. The molecule has 1 heterocycles. The first kappa shape index (κ1) is 17.2. The van der Waals surface area contributed by atoms with Gasteiger partial charge in [0.1, 0.15) is 5.69 Å². The number of halogens is 1. The number of allylic oxidation sites excluding steroid dienone is 12. The van der Waals surface area contributed by atoms with Gasteiger partial charge in [-0.25, -0.2) is 9.97 Å². The topological polar surface area (TPSA) is 25.8 Å². The first-order valence-electron chi connectivity index (χ1n) is 9.39. The van der Waals surface area contributed by atoms with E-state index in [-0.39, 0.29) is 5.92 Å². The van der Waals surface area contributed by atoms with E-state index in [9.17, 15) is 0 Å². The second kappa shape index (κ2) is 7.59. The van der Waals surface area contributed by atoms with Crippen molar-refractivity contribution < 1.29 is 0 Å².